The molecule has 12 heteroatoms. The Morgan fingerprint density at radius 3 is 2.55 bits per heavy atom. The Morgan fingerprint density at radius 2 is 1.84 bits per heavy atom. The molecule has 44 heavy (non-hydrogen) atoms. The zero-order chi connectivity index (χ0) is 30.9. The third-order valence-electron chi connectivity index (χ3n) is 6.62. The van der Waals surface area contributed by atoms with E-state index in [2.05, 4.69) is 47.7 Å². The predicted molar refractivity (Wildman–Crippen MR) is 168 cm³/mol. The van der Waals surface area contributed by atoms with Crippen molar-refractivity contribution < 1.29 is 14.3 Å². The number of aromatic nitrogens is 6. The normalized spacial score (nSPS) is 11.6. The van der Waals surface area contributed by atoms with Crippen LogP contribution in [0.3, 0.4) is 0 Å². The number of nitrogens with one attached hydrogen (secondary N) is 2. The number of benzene rings is 3. The van der Waals surface area contributed by atoms with Crippen LogP contribution in [0.4, 0.5) is 10.5 Å². The van der Waals surface area contributed by atoms with Crippen LogP contribution in [-0.4, -0.2) is 49.5 Å². The van der Waals surface area contributed by atoms with E-state index in [1.54, 1.807) is 42.5 Å². The van der Waals surface area contributed by atoms with E-state index in [-0.39, 0.29) is 5.91 Å². The SMILES string of the molecule is C=Cc1nnc([C@H](Cc2ccccc2)NC(=O)/C=C/c2cc(Cl)ccc2-n2cnnn2)cc1-c1ccc(NC(=O)OC)cc1. The lowest BCUT2D eigenvalue weighted by Gasteiger charge is -2.19. The molecule has 0 saturated carbocycles. The van der Waals surface area contributed by atoms with E-state index in [1.165, 1.54) is 24.2 Å². The largest absolute Gasteiger partial charge is 0.453 e. The minimum Gasteiger partial charge on any atom is -0.453 e. The molecule has 0 spiro atoms. The number of rotatable bonds is 10. The summed E-state index contributed by atoms with van der Waals surface area (Å²) in [5.41, 5.74) is 5.62. The Bertz CT molecular complexity index is 1790. The van der Waals surface area contributed by atoms with Crippen LogP contribution in [0.1, 0.15) is 28.6 Å². The highest BCUT2D eigenvalue weighted by Gasteiger charge is 2.19. The van der Waals surface area contributed by atoms with Crippen LogP contribution in [0.15, 0.2) is 97.8 Å². The van der Waals surface area contributed by atoms with Crippen molar-refractivity contribution in [2.24, 2.45) is 0 Å². The third kappa shape index (κ3) is 7.39. The molecule has 0 aliphatic rings. The standard InChI is InChI=1S/C32H27ClN8O3/c1-3-27-26(22-9-13-25(14-10-22)35-32(43)44-2)19-29(38-37-27)28(17-21-7-5-4-6-8-21)36-31(42)16-11-23-18-24(33)12-15-30(23)41-20-34-39-40-41/h3-16,18-20,28H,1,17H2,2H3,(H,35,43)(H,36,42)/b16-11+/t28-/m0/s1. The summed E-state index contributed by atoms with van der Waals surface area (Å²) in [6.07, 6.45) is 6.07. The lowest BCUT2D eigenvalue weighted by atomic mass is 9.98. The van der Waals surface area contributed by atoms with Gasteiger partial charge in [0.15, 0.2) is 0 Å². The van der Waals surface area contributed by atoms with Crippen molar-refractivity contribution >= 4 is 41.4 Å². The molecular formula is C32H27ClN8O3. The number of carbonyl (C=O) groups excluding carboxylic acids is 2. The molecule has 2 aromatic heterocycles. The number of anilines is 1. The van der Waals surface area contributed by atoms with Crippen LogP contribution < -0.4 is 10.6 Å². The van der Waals surface area contributed by atoms with Gasteiger partial charge < -0.3 is 10.1 Å². The number of ether oxygens (including phenoxy) is 1. The van der Waals surface area contributed by atoms with Gasteiger partial charge in [-0.15, -0.1) is 5.10 Å². The summed E-state index contributed by atoms with van der Waals surface area (Å²) in [5, 5.41) is 26.4. The number of tetrazole rings is 1. The molecule has 2 heterocycles. The smallest absolute Gasteiger partial charge is 0.411 e. The van der Waals surface area contributed by atoms with Crippen LogP contribution in [0.25, 0.3) is 29.0 Å². The van der Waals surface area contributed by atoms with Gasteiger partial charge in [-0.1, -0.05) is 60.6 Å². The maximum Gasteiger partial charge on any atom is 0.411 e. The van der Waals surface area contributed by atoms with Gasteiger partial charge in [0.25, 0.3) is 0 Å². The Balaban J connectivity index is 1.44. The minimum absolute atomic E-state index is 0.344. The van der Waals surface area contributed by atoms with Crippen LogP contribution >= 0.6 is 11.6 Å². The summed E-state index contributed by atoms with van der Waals surface area (Å²) in [7, 11) is 1.30. The average molecular weight is 607 g/mol. The molecule has 5 aromatic rings. The fraction of sp³-hybridized carbons (Fsp3) is 0.0938. The molecule has 0 saturated heterocycles. The quantitative estimate of drug-likeness (QED) is 0.193. The molecule has 220 valence electrons. The van der Waals surface area contributed by atoms with Gasteiger partial charge in [-0.05, 0) is 76.5 Å². The Hall–Kier alpha value is -5.68. The van der Waals surface area contributed by atoms with E-state index in [4.69, 9.17) is 11.6 Å². The minimum atomic E-state index is -0.562. The van der Waals surface area contributed by atoms with E-state index in [9.17, 15) is 9.59 Å². The van der Waals surface area contributed by atoms with Crippen molar-refractivity contribution in [2.75, 3.05) is 12.4 Å². The van der Waals surface area contributed by atoms with Crippen LogP contribution in [-0.2, 0) is 16.0 Å². The van der Waals surface area contributed by atoms with Crippen LogP contribution in [0.2, 0.25) is 5.02 Å². The van der Waals surface area contributed by atoms with Crippen LogP contribution in [0.5, 0.6) is 0 Å². The summed E-state index contributed by atoms with van der Waals surface area (Å²) >= 11 is 6.23. The average Bonchev–Trinajstić information content (AvgIpc) is 3.59. The maximum atomic E-state index is 13.3. The Morgan fingerprint density at radius 1 is 1.05 bits per heavy atom. The number of halogens is 1. The predicted octanol–water partition coefficient (Wildman–Crippen LogP) is 5.71. The van der Waals surface area contributed by atoms with Crippen molar-refractivity contribution in [3.05, 3.63) is 125 Å². The molecule has 0 aliphatic carbocycles. The fourth-order valence-corrected chi connectivity index (χ4v) is 4.65. The monoisotopic (exact) mass is 606 g/mol. The first-order chi connectivity index (χ1) is 21.4. The van der Waals surface area contributed by atoms with Crippen molar-refractivity contribution in [1.29, 1.82) is 0 Å². The molecular weight excluding hydrogens is 580 g/mol. The Labute approximate surface area is 258 Å². The van der Waals surface area contributed by atoms with E-state index in [0.717, 1.165) is 16.7 Å². The summed E-state index contributed by atoms with van der Waals surface area (Å²) in [5.74, 6) is -0.344. The molecule has 2 amide bonds. The van der Waals surface area contributed by atoms with Crippen molar-refractivity contribution in [3.63, 3.8) is 0 Å². The van der Waals surface area contributed by atoms with Gasteiger partial charge in [0, 0.05) is 27.9 Å². The van der Waals surface area contributed by atoms with E-state index in [1.807, 2.05) is 48.5 Å². The van der Waals surface area contributed by atoms with Gasteiger partial charge in [0.2, 0.25) is 5.91 Å². The number of nitrogens with zero attached hydrogens (tertiary/aromatic N) is 6. The summed E-state index contributed by atoms with van der Waals surface area (Å²) < 4.78 is 6.15. The van der Waals surface area contributed by atoms with Crippen molar-refractivity contribution in [3.8, 4) is 16.8 Å². The first-order valence-corrected chi connectivity index (χ1v) is 13.8. The van der Waals surface area contributed by atoms with Crippen molar-refractivity contribution in [1.82, 2.24) is 35.7 Å². The van der Waals surface area contributed by atoms with Crippen LogP contribution in [0, 0.1) is 0 Å². The zero-order valence-corrected chi connectivity index (χ0v) is 24.3. The highest BCUT2D eigenvalue weighted by molar-refractivity contribution is 6.30. The fourth-order valence-electron chi connectivity index (χ4n) is 4.47. The molecule has 0 bridgehead atoms. The van der Waals surface area contributed by atoms with Gasteiger partial charge >= 0.3 is 6.09 Å². The molecule has 1 atom stereocenters. The molecule has 5 rings (SSSR count). The topological polar surface area (TPSA) is 137 Å². The number of hydrogen-bond acceptors (Lipinski definition) is 8. The highest BCUT2D eigenvalue weighted by atomic mass is 35.5. The number of methoxy groups -OCH3 is 1. The van der Waals surface area contributed by atoms with Gasteiger partial charge in [-0.25, -0.2) is 4.79 Å². The molecule has 0 aliphatic heterocycles. The summed E-state index contributed by atoms with van der Waals surface area (Å²) in [6, 6.07) is 23.6. The number of hydrogen-bond donors (Lipinski definition) is 2. The maximum absolute atomic E-state index is 13.3. The molecule has 11 nitrogen and oxygen atoms in total. The molecule has 0 radical (unpaired) electrons. The van der Waals surface area contributed by atoms with Gasteiger partial charge in [-0.2, -0.15) is 14.9 Å². The van der Waals surface area contributed by atoms with E-state index < -0.39 is 12.1 Å². The van der Waals surface area contributed by atoms with Gasteiger partial charge in [0.05, 0.1) is 30.2 Å². The first kappa shape index (κ1) is 29.8. The highest BCUT2D eigenvalue weighted by Crippen LogP contribution is 2.28. The second-order valence-electron chi connectivity index (χ2n) is 9.51. The van der Waals surface area contributed by atoms with Crippen molar-refractivity contribution in [2.45, 2.75) is 12.5 Å². The zero-order valence-electron chi connectivity index (χ0n) is 23.6. The van der Waals surface area contributed by atoms with E-state index in [0.29, 0.717) is 39.8 Å². The second kappa shape index (κ2) is 14.0. The number of carbonyl (C=O) groups is 2. The molecule has 2 N–H and O–H groups in total. The Kier molecular flexibility index (Phi) is 9.48. The van der Waals surface area contributed by atoms with Gasteiger partial charge in [-0.3, -0.25) is 10.1 Å². The van der Waals surface area contributed by atoms with Gasteiger partial charge in [0.1, 0.15) is 6.33 Å². The molecule has 3 aromatic carbocycles. The van der Waals surface area contributed by atoms with E-state index >= 15 is 0 Å². The summed E-state index contributed by atoms with van der Waals surface area (Å²) in [4.78, 5) is 24.9. The molecule has 0 fully saturated rings. The second-order valence-corrected chi connectivity index (χ2v) is 9.94. The number of amides is 2. The first-order valence-electron chi connectivity index (χ1n) is 13.4. The summed E-state index contributed by atoms with van der Waals surface area (Å²) in [6.45, 7) is 3.88. The molecule has 0 unspecified atom stereocenters. The lowest BCUT2D eigenvalue weighted by molar-refractivity contribution is -0.117. The lowest BCUT2D eigenvalue weighted by Crippen LogP contribution is -2.29. The third-order valence-corrected chi connectivity index (χ3v) is 6.85.